The van der Waals surface area contributed by atoms with E-state index in [0.717, 1.165) is 11.3 Å². The maximum atomic E-state index is 12.0. The van der Waals surface area contributed by atoms with Crippen LogP contribution in [0.2, 0.25) is 0 Å². The summed E-state index contributed by atoms with van der Waals surface area (Å²) in [6, 6.07) is 11.1. The van der Waals surface area contributed by atoms with Crippen molar-refractivity contribution in [3.05, 3.63) is 52.2 Å². The molecule has 1 heterocycles. The Hall–Kier alpha value is -1.50. The van der Waals surface area contributed by atoms with Crippen molar-refractivity contribution in [2.45, 2.75) is 5.75 Å². The molecule has 2 rings (SSSR count). The number of hydrogen-bond acceptors (Lipinski definition) is 4. The third kappa shape index (κ3) is 5.08. The number of nitrogens with one attached hydrogen (secondary N) is 1. The number of benzene rings is 1. The molecule has 1 amide bonds. The summed E-state index contributed by atoms with van der Waals surface area (Å²) in [5, 5.41) is 4.71. The topological polar surface area (TPSA) is 55.4 Å². The summed E-state index contributed by atoms with van der Waals surface area (Å²) >= 11 is 1.40. The normalized spacial score (nSPS) is 12.0. The van der Waals surface area contributed by atoms with Gasteiger partial charge in [-0.15, -0.1) is 11.3 Å². The maximum Gasteiger partial charge on any atom is 0.265 e. The fraction of sp³-hybridized carbons (Fsp3) is 0.267. The first-order valence-electron chi connectivity index (χ1n) is 6.47. The SMILES string of the molecule is COCCS(=O)Cc1cccc(NC(=O)c2cccs2)c1. The molecule has 0 aliphatic carbocycles. The second-order valence-corrected chi connectivity index (χ2v) is 6.94. The fourth-order valence-electron chi connectivity index (χ4n) is 1.77. The molecule has 1 aromatic carbocycles. The Bertz CT molecular complexity index is 611. The molecular weight excluding hydrogens is 306 g/mol. The molecule has 21 heavy (non-hydrogen) atoms. The van der Waals surface area contributed by atoms with Gasteiger partial charge in [0.2, 0.25) is 0 Å². The van der Waals surface area contributed by atoms with Crippen LogP contribution >= 0.6 is 11.3 Å². The van der Waals surface area contributed by atoms with E-state index in [1.165, 1.54) is 11.3 Å². The molecule has 0 bridgehead atoms. The largest absolute Gasteiger partial charge is 0.384 e. The zero-order valence-electron chi connectivity index (χ0n) is 11.7. The monoisotopic (exact) mass is 323 g/mol. The Balaban J connectivity index is 1.97. The maximum absolute atomic E-state index is 12.0. The molecule has 0 aliphatic heterocycles. The summed E-state index contributed by atoms with van der Waals surface area (Å²) in [6.45, 7) is 0.488. The Kier molecular flexibility index (Phi) is 6.10. The Morgan fingerprint density at radius 3 is 2.90 bits per heavy atom. The minimum absolute atomic E-state index is 0.123. The highest BCUT2D eigenvalue weighted by molar-refractivity contribution is 7.84. The Labute approximate surface area is 130 Å². The lowest BCUT2D eigenvalue weighted by molar-refractivity contribution is 0.103. The van der Waals surface area contributed by atoms with Gasteiger partial charge < -0.3 is 10.1 Å². The highest BCUT2D eigenvalue weighted by Gasteiger charge is 2.08. The van der Waals surface area contributed by atoms with Gasteiger partial charge in [-0.25, -0.2) is 0 Å². The third-order valence-corrected chi connectivity index (χ3v) is 4.92. The molecule has 0 fully saturated rings. The van der Waals surface area contributed by atoms with Gasteiger partial charge in [0.25, 0.3) is 5.91 Å². The summed E-state index contributed by atoms with van der Waals surface area (Å²) in [5.74, 6) is 0.858. The Morgan fingerprint density at radius 1 is 1.33 bits per heavy atom. The summed E-state index contributed by atoms with van der Waals surface area (Å²) in [4.78, 5) is 12.6. The van der Waals surface area contributed by atoms with Crippen molar-refractivity contribution in [1.29, 1.82) is 0 Å². The van der Waals surface area contributed by atoms with Gasteiger partial charge in [-0.05, 0) is 29.1 Å². The van der Waals surface area contributed by atoms with E-state index in [0.29, 0.717) is 23.0 Å². The smallest absolute Gasteiger partial charge is 0.265 e. The van der Waals surface area contributed by atoms with Gasteiger partial charge in [0.15, 0.2) is 0 Å². The van der Waals surface area contributed by atoms with E-state index >= 15 is 0 Å². The second kappa shape index (κ2) is 8.07. The number of thiophene rings is 1. The molecule has 0 spiro atoms. The molecule has 4 nitrogen and oxygen atoms in total. The zero-order chi connectivity index (χ0) is 15.1. The molecule has 0 saturated carbocycles. The number of carbonyl (C=O) groups excluding carboxylic acids is 1. The molecule has 0 radical (unpaired) electrons. The lowest BCUT2D eigenvalue weighted by Gasteiger charge is -2.07. The molecule has 1 unspecified atom stereocenters. The molecule has 6 heteroatoms. The van der Waals surface area contributed by atoms with Crippen LogP contribution in [0, 0.1) is 0 Å². The van der Waals surface area contributed by atoms with Crippen molar-refractivity contribution in [2.75, 3.05) is 24.8 Å². The standard InChI is InChI=1S/C15H17NO3S2/c1-19-7-9-21(18)11-12-4-2-5-13(10-12)16-15(17)14-6-3-8-20-14/h2-6,8,10H,7,9,11H2,1H3,(H,16,17). The van der Waals surface area contributed by atoms with Crippen LogP contribution < -0.4 is 5.32 Å². The van der Waals surface area contributed by atoms with E-state index in [1.807, 2.05) is 35.7 Å². The van der Waals surface area contributed by atoms with E-state index in [2.05, 4.69) is 5.32 Å². The minimum Gasteiger partial charge on any atom is -0.384 e. The van der Waals surface area contributed by atoms with Crippen molar-refractivity contribution in [3.8, 4) is 0 Å². The first-order chi connectivity index (χ1) is 10.2. The Morgan fingerprint density at radius 2 is 2.19 bits per heavy atom. The van der Waals surface area contributed by atoms with Crippen LogP contribution in [0.5, 0.6) is 0 Å². The van der Waals surface area contributed by atoms with Gasteiger partial charge in [0.05, 0.1) is 11.5 Å². The number of carbonyl (C=O) groups is 1. The van der Waals surface area contributed by atoms with Gasteiger partial charge >= 0.3 is 0 Å². The number of rotatable bonds is 7. The second-order valence-electron chi connectivity index (χ2n) is 4.41. The summed E-state index contributed by atoms with van der Waals surface area (Å²) in [7, 11) is 0.638. The zero-order valence-corrected chi connectivity index (χ0v) is 13.3. The van der Waals surface area contributed by atoms with Crippen molar-refractivity contribution in [2.24, 2.45) is 0 Å². The van der Waals surface area contributed by atoms with Crippen LogP contribution in [0.1, 0.15) is 15.2 Å². The van der Waals surface area contributed by atoms with E-state index in [9.17, 15) is 9.00 Å². The average Bonchev–Trinajstić information content (AvgIpc) is 3.00. The van der Waals surface area contributed by atoms with E-state index < -0.39 is 10.8 Å². The van der Waals surface area contributed by atoms with Gasteiger partial charge in [0.1, 0.15) is 0 Å². The van der Waals surface area contributed by atoms with Crippen molar-refractivity contribution >= 4 is 33.7 Å². The number of ether oxygens (including phenoxy) is 1. The molecule has 0 aliphatic rings. The molecule has 1 aromatic heterocycles. The lowest BCUT2D eigenvalue weighted by atomic mass is 10.2. The van der Waals surface area contributed by atoms with E-state index in [1.54, 1.807) is 13.2 Å². The highest BCUT2D eigenvalue weighted by Crippen LogP contribution is 2.15. The fourth-order valence-corrected chi connectivity index (χ4v) is 3.44. The average molecular weight is 323 g/mol. The van der Waals surface area contributed by atoms with Gasteiger partial charge in [-0.3, -0.25) is 9.00 Å². The van der Waals surface area contributed by atoms with Crippen LogP contribution in [-0.4, -0.2) is 29.6 Å². The van der Waals surface area contributed by atoms with Crippen molar-refractivity contribution in [1.82, 2.24) is 0 Å². The molecule has 112 valence electrons. The van der Waals surface area contributed by atoms with Crippen LogP contribution in [0.25, 0.3) is 0 Å². The van der Waals surface area contributed by atoms with Gasteiger partial charge in [0, 0.05) is 35.1 Å². The number of anilines is 1. The molecule has 2 aromatic rings. The first kappa shape index (κ1) is 15.9. The van der Waals surface area contributed by atoms with Crippen LogP contribution in [0.4, 0.5) is 5.69 Å². The number of methoxy groups -OCH3 is 1. The predicted octanol–water partition coefficient (Wildman–Crippen LogP) is 2.90. The minimum atomic E-state index is -0.957. The third-order valence-electron chi connectivity index (χ3n) is 2.77. The molecule has 1 N–H and O–H groups in total. The van der Waals surface area contributed by atoms with Crippen molar-refractivity contribution in [3.63, 3.8) is 0 Å². The van der Waals surface area contributed by atoms with Crippen LogP contribution in [-0.2, 0) is 21.3 Å². The van der Waals surface area contributed by atoms with Crippen LogP contribution in [0.15, 0.2) is 41.8 Å². The van der Waals surface area contributed by atoms with Crippen molar-refractivity contribution < 1.29 is 13.7 Å². The molecule has 1 atom stereocenters. The number of amides is 1. The predicted molar refractivity (Wildman–Crippen MR) is 87.3 cm³/mol. The number of hydrogen-bond donors (Lipinski definition) is 1. The molecule has 0 saturated heterocycles. The van der Waals surface area contributed by atoms with E-state index in [4.69, 9.17) is 4.74 Å². The van der Waals surface area contributed by atoms with Crippen LogP contribution in [0.3, 0.4) is 0 Å². The van der Waals surface area contributed by atoms with Gasteiger partial charge in [-0.2, -0.15) is 0 Å². The summed E-state index contributed by atoms with van der Waals surface area (Å²) < 4.78 is 16.8. The quantitative estimate of drug-likeness (QED) is 0.852. The molecular formula is C15H17NO3S2. The first-order valence-corrected chi connectivity index (χ1v) is 8.83. The van der Waals surface area contributed by atoms with Gasteiger partial charge in [-0.1, -0.05) is 18.2 Å². The summed E-state index contributed by atoms with van der Waals surface area (Å²) in [6.07, 6.45) is 0. The van der Waals surface area contributed by atoms with E-state index in [-0.39, 0.29) is 5.91 Å². The highest BCUT2D eigenvalue weighted by atomic mass is 32.2. The summed E-state index contributed by atoms with van der Waals surface area (Å²) in [5.41, 5.74) is 1.66. The lowest BCUT2D eigenvalue weighted by Crippen LogP contribution is -2.11.